The molecule has 2 rings (SSSR count). The van der Waals surface area contributed by atoms with Gasteiger partial charge < -0.3 is 4.57 Å². The standard InChI is InChI=1S/C12H12N2/c1-9(2)14-11(8-13)7-10-5-3-4-6-12(10)14/h3-7,9H,1-2H3. The van der Waals surface area contributed by atoms with Crippen molar-refractivity contribution in [1.82, 2.24) is 4.57 Å². The van der Waals surface area contributed by atoms with Crippen LogP contribution in [0.5, 0.6) is 0 Å². The maximum Gasteiger partial charge on any atom is 0.121 e. The smallest absolute Gasteiger partial charge is 0.121 e. The van der Waals surface area contributed by atoms with E-state index in [1.165, 1.54) is 0 Å². The fraction of sp³-hybridized carbons (Fsp3) is 0.250. The average molecular weight is 184 g/mol. The molecule has 0 bridgehead atoms. The third kappa shape index (κ3) is 1.18. The number of nitriles is 1. The van der Waals surface area contributed by atoms with Crippen LogP contribution >= 0.6 is 0 Å². The lowest BCUT2D eigenvalue weighted by molar-refractivity contribution is 0.616. The van der Waals surface area contributed by atoms with Crippen LogP contribution in [0.25, 0.3) is 10.9 Å². The summed E-state index contributed by atoms with van der Waals surface area (Å²) < 4.78 is 2.06. The Bertz CT molecular complexity index is 501. The van der Waals surface area contributed by atoms with Crippen LogP contribution in [0.15, 0.2) is 30.3 Å². The van der Waals surface area contributed by atoms with Gasteiger partial charge in [-0.05, 0) is 26.0 Å². The Hall–Kier alpha value is -1.75. The number of aromatic nitrogens is 1. The minimum absolute atomic E-state index is 0.324. The van der Waals surface area contributed by atoms with Crippen LogP contribution in [0.1, 0.15) is 25.6 Å². The van der Waals surface area contributed by atoms with Crippen LogP contribution in [-0.4, -0.2) is 4.57 Å². The number of para-hydroxylation sites is 1. The highest BCUT2D eigenvalue weighted by Gasteiger charge is 2.09. The first-order valence-corrected chi connectivity index (χ1v) is 4.74. The van der Waals surface area contributed by atoms with Gasteiger partial charge in [0.15, 0.2) is 0 Å². The highest BCUT2D eigenvalue weighted by molar-refractivity contribution is 5.82. The third-order valence-electron chi connectivity index (χ3n) is 2.38. The van der Waals surface area contributed by atoms with Gasteiger partial charge in [-0.1, -0.05) is 18.2 Å². The molecular formula is C12H12N2. The summed E-state index contributed by atoms with van der Waals surface area (Å²) in [5.41, 5.74) is 1.88. The number of benzene rings is 1. The Labute approximate surface area is 83.4 Å². The summed E-state index contributed by atoms with van der Waals surface area (Å²) in [6, 6.07) is 12.6. The summed E-state index contributed by atoms with van der Waals surface area (Å²) in [7, 11) is 0. The maximum absolute atomic E-state index is 9.00. The molecule has 0 N–H and O–H groups in total. The molecule has 0 aliphatic heterocycles. The molecule has 1 aromatic heterocycles. The number of nitrogens with zero attached hydrogens (tertiary/aromatic N) is 2. The summed E-state index contributed by atoms with van der Waals surface area (Å²) in [5, 5.41) is 10.1. The molecule has 0 aliphatic rings. The first kappa shape index (κ1) is 8.83. The molecule has 0 spiro atoms. The molecule has 1 aromatic carbocycles. The van der Waals surface area contributed by atoms with E-state index in [0.29, 0.717) is 6.04 Å². The molecule has 0 saturated carbocycles. The molecule has 0 atom stereocenters. The largest absolute Gasteiger partial charge is 0.330 e. The van der Waals surface area contributed by atoms with E-state index in [-0.39, 0.29) is 0 Å². The van der Waals surface area contributed by atoms with Crippen molar-refractivity contribution in [2.24, 2.45) is 0 Å². The lowest BCUT2D eigenvalue weighted by Gasteiger charge is -2.10. The summed E-state index contributed by atoms with van der Waals surface area (Å²) in [5.74, 6) is 0. The number of rotatable bonds is 1. The zero-order valence-corrected chi connectivity index (χ0v) is 8.36. The molecule has 2 aromatic rings. The zero-order chi connectivity index (χ0) is 10.1. The quantitative estimate of drug-likeness (QED) is 0.669. The predicted octanol–water partition coefficient (Wildman–Crippen LogP) is 3.09. The molecule has 0 amide bonds. The van der Waals surface area contributed by atoms with Gasteiger partial charge in [0.1, 0.15) is 11.8 Å². The van der Waals surface area contributed by atoms with E-state index in [1.807, 2.05) is 24.3 Å². The van der Waals surface area contributed by atoms with E-state index in [4.69, 9.17) is 5.26 Å². The van der Waals surface area contributed by atoms with Gasteiger partial charge in [0.25, 0.3) is 0 Å². The molecule has 14 heavy (non-hydrogen) atoms. The molecule has 0 aliphatic carbocycles. The highest BCUT2D eigenvalue weighted by atomic mass is 15.0. The first-order valence-electron chi connectivity index (χ1n) is 4.74. The fourth-order valence-electron chi connectivity index (χ4n) is 1.82. The van der Waals surface area contributed by atoms with Crippen LogP contribution < -0.4 is 0 Å². The van der Waals surface area contributed by atoms with Crippen molar-refractivity contribution in [3.8, 4) is 6.07 Å². The Morgan fingerprint density at radius 3 is 2.64 bits per heavy atom. The monoisotopic (exact) mass is 184 g/mol. The number of fused-ring (bicyclic) bond motifs is 1. The molecule has 0 fully saturated rings. The van der Waals surface area contributed by atoms with Crippen molar-refractivity contribution in [3.63, 3.8) is 0 Å². The zero-order valence-electron chi connectivity index (χ0n) is 8.36. The molecule has 2 nitrogen and oxygen atoms in total. The van der Waals surface area contributed by atoms with Crippen molar-refractivity contribution in [3.05, 3.63) is 36.0 Å². The maximum atomic E-state index is 9.00. The van der Waals surface area contributed by atoms with Gasteiger partial charge in [0.05, 0.1) is 0 Å². The normalized spacial score (nSPS) is 10.7. The lowest BCUT2D eigenvalue weighted by atomic mass is 10.2. The van der Waals surface area contributed by atoms with E-state index in [9.17, 15) is 0 Å². The summed E-state index contributed by atoms with van der Waals surface area (Å²) >= 11 is 0. The third-order valence-corrected chi connectivity index (χ3v) is 2.38. The fourth-order valence-corrected chi connectivity index (χ4v) is 1.82. The summed E-state index contributed by atoms with van der Waals surface area (Å²) in [4.78, 5) is 0. The van der Waals surface area contributed by atoms with Gasteiger partial charge in [-0.2, -0.15) is 5.26 Å². The van der Waals surface area contributed by atoms with Gasteiger partial charge in [-0.3, -0.25) is 0 Å². The molecule has 1 heterocycles. The Morgan fingerprint density at radius 1 is 1.29 bits per heavy atom. The van der Waals surface area contributed by atoms with Gasteiger partial charge in [-0.15, -0.1) is 0 Å². The van der Waals surface area contributed by atoms with Crippen LogP contribution in [-0.2, 0) is 0 Å². The molecule has 2 heteroatoms. The minimum Gasteiger partial charge on any atom is -0.330 e. The predicted molar refractivity (Wildman–Crippen MR) is 57.0 cm³/mol. The van der Waals surface area contributed by atoms with Crippen molar-refractivity contribution >= 4 is 10.9 Å². The molecule has 0 radical (unpaired) electrons. The van der Waals surface area contributed by atoms with E-state index < -0.39 is 0 Å². The number of hydrogen-bond acceptors (Lipinski definition) is 1. The minimum atomic E-state index is 0.324. The van der Waals surface area contributed by atoms with E-state index >= 15 is 0 Å². The van der Waals surface area contributed by atoms with Crippen molar-refractivity contribution < 1.29 is 0 Å². The molecule has 0 unspecified atom stereocenters. The second-order valence-electron chi connectivity index (χ2n) is 3.66. The average Bonchev–Trinajstić information content (AvgIpc) is 2.55. The summed E-state index contributed by atoms with van der Waals surface area (Å²) in [6.45, 7) is 4.18. The first-order chi connectivity index (χ1) is 6.74. The van der Waals surface area contributed by atoms with Crippen LogP contribution in [0.4, 0.5) is 0 Å². The molecule has 0 saturated heterocycles. The van der Waals surface area contributed by atoms with E-state index in [0.717, 1.165) is 16.6 Å². The van der Waals surface area contributed by atoms with Crippen LogP contribution in [0.3, 0.4) is 0 Å². The van der Waals surface area contributed by atoms with Gasteiger partial charge in [0, 0.05) is 16.9 Å². The summed E-state index contributed by atoms with van der Waals surface area (Å²) in [6.07, 6.45) is 0. The van der Waals surface area contributed by atoms with E-state index in [1.54, 1.807) is 0 Å². The lowest BCUT2D eigenvalue weighted by Crippen LogP contribution is -2.02. The molecular weight excluding hydrogens is 172 g/mol. The van der Waals surface area contributed by atoms with Crippen molar-refractivity contribution in [1.29, 1.82) is 5.26 Å². The highest BCUT2D eigenvalue weighted by Crippen LogP contribution is 2.23. The topological polar surface area (TPSA) is 28.7 Å². The van der Waals surface area contributed by atoms with Gasteiger partial charge in [0.2, 0.25) is 0 Å². The Balaban J connectivity index is 2.83. The Kier molecular flexibility index (Phi) is 2.01. The Morgan fingerprint density at radius 2 is 2.00 bits per heavy atom. The van der Waals surface area contributed by atoms with Crippen LogP contribution in [0, 0.1) is 11.3 Å². The second-order valence-corrected chi connectivity index (χ2v) is 3.66. The number of hydrogen-bond donors (Lipinski definition) is 0. The second kappa shape index (κ2) is 3.19. The van der Waals surface area contributed by atoms with Gasteiger partial charge in [-0.25, -0.2) is 0 Å². The van der Waals surface area contributed by atoms with E-state index in [2.05, 4.69) is 30.6 Å². The van der Waals surface area contributed by atoms with Crippen molar-refractivity contribution in [2.45, 2.75) is 19.9 Å². The SMILES string of the molecule is CC(C)n1c(C#N)cc2ccccc21. The van der Waals surface area contributed by atoms with Crippen LogP contribution in [0.2, 0.25) is 0 Å². The van der Waals surface area contributed by atoms with Crippen molar-refractivity contribution in [2.75, 3.05) is 0 Å². The molecule has 70 valence electrons. The van der Waals surface area contributed by atoms with Gasteiger partial charge >= 0.3 is 0 Å².